The minimum atomic E-state index is -1.03. The summed E-state index contributed by atoms with van der Waals surface area (Å²) in [6, 6.07) is 0. The van der Waals surface area contributed by atoms with Crippen LogP contribution < -0.4 is 5.11 Å². The van der Waals surface area contributed by atoms with Crippen LogP contribution in [0.4, 0.5) is 0 Å². The first kappa shape index (κ1) is 20.1. The summed E-state index contributed by atoms with van der Waals surface area (Å²) in [5.41, 5.74) is 0. The van der Waals surface area contributed by atoms with Gasteiger partial charge in [0.2, 0.25) is 0 Å². The lowest BCUT2D eigenvalue weighted by Gasteiger charge is -2.29. The number of quaternary nitrogens is 1. The number of unbranched alkanes of at least 4 members (excludes halogenated alkanes) is 6. The predicted molar refractivity (Wildman–Crippen MR) is 84.8 cm³/mol. The van der Waals surface area contributed by atoms with Gasteiger partial charge < -0.3 is 19.1 Å². The zero-order valence-electron chi connectivity index (χ0n) is 14.1. The van der Waals surface area contributed by atoms with Gasteiger partial charge >= 0.3 is 0 Å². The van der Waals surface area contributed by atoms with Gasteiger partial charge in [0.15, 0.2) is 0 Å². The number of hydrogen-bond acceptors (Lipinski definition) is 3. The largest absolute Gasteiger partial charge is 0.550 e. The van der Waals surface area contributed by atoms with Gasteiger partial charge in [-0.3, -0.25) is 0 Å². The molecule has 0 amide bonds. The molecule has 1 unspecified atom stereocenters. The molecule has 0 spiro atoms. The highest BCUT2D eigenvalue weighted by atomic mass is 16.5. The minimum absolute atomic E-state index is 0.0168. The Morgan fingerprint density at radius 1 is 1.14 bits per heavy atom. The van der Waals surface area contributed by atoms with Crippen molar-refractivity contribution in [2.45, 2.75) is 57.5 Å². The average molecular weight is 299 g/mol. The highest BCUT2D eigenvalue weighted by Crippen LogP contribution is 2.09. The Labute approximate surface area is 130 Å². The number of rotatable bonds is 14. The van der Waals surface area contributed by atoms with Crippen LogP contribution in [0.2, 0.25) is 0 Å². The molecule has 0 fully saturated rings. The number of carbonyl (C=O) groups is 1. The van der Waals surface area contributed by atoms with Gasteiger partial charge in [0.25, 0.3) is 0 Å². The molecule has 0 aliphatic carbocycles. The van der Waals surface area contributed by atoms with Crippen molar-refractivity contribution in [3.63, 3.8) is 0 Å². The molecule has 0 radical (unpaired) electrons. The van der Waals surface area contributed by atoms with Crippen LogP contribution in [0.15, 0.2) is 12.7 Å². The van der Waals surface area contributed by atoms with Crippen LogP contribution in [0, 0.1) is 0 Å². The smallest absolute Gasteiger partial charge is 0.112 e. The fraction of sp³-hybridized carbons (Fsp3) is 0.824. The average Bonchev–Trinajstić information content (AvgIpc) is 2.34. The third-order valence-corrected chi connectivity index (χ3v) is 3.30. The van der Waals surface area contributed by atoms with Gasteiger partial charge in [0, 0.05) is 19.0 Å². The lowest BCUT2D eigenvalue weighted by atomic mass is 10.1. The molecular formula is C17H33NO3. The van der Waals surface area contributed by atoms with E-state index < -0.39 is 5.97 Å². The van der Waals surface area contributed by atoms with E-state index in [2.05, 4.69) is 6.58 Å². The molecular weight excluding hydrogens is 266 g/mol. The number of ether oxygens (including phenoxy) is 1. The number of carboxylic acid groups (broad SMARTS) is 1. The molecule has 0 bridgehead atoms. The van der Waals surface area contributed by atoms with Gasteiger partial charge in [0.1, 0.15) is 12.6 Å². The Morgan fingerprint density at radius 2 is 1.71 bits per heavy atom. The molecule has 21 heavy (non-hydrogen) atoms. The molecule has 0 aliphatic rings. The first-order chi connectivity index (χ1) is 9.85. The van der Waals surface area contributed by atoms with Crippen LogP contribution in [0.3, 0.4) is 0 Å². The number of hydrogen-bond donors (Lipinski definition) is 0. The van der Waals surface area contributed by atoms with Crippen LogP contribution in [0.25, 0.3) is 0 Å². The Morgan fingerprint density at radius 3 is 2.24 bits per heavy atom. The summed E-state index contributed by atoms with van der Waals surface area (Å²) in [5, 5.41) is 10.8. The van der Waals surface area contributed by atoms with Gasteiger partial charge in [-0.05, 0) is 19.3 Å². The van der Waals surface area contributed by atoms with Crippen LogP contribution >= 0.6 is 0 Å². The Balaban J connectivity index is 3.68. The van der Waals surface area contributed by atoms with E-state index in [-0.39, 0.29) is 12.5 Å². The molecule has 124 valence electrons. The number of aliphatic carboxylic acids is 1. The maximum atomic E-state index is 10.8. The van der Waals surface area contributed by atoms with E-state index >= 15 is 0 Å². The molecule has 0 saturated heterocycles. The second-order valence-corrected chi connectivity index (χ2v) is 6.74. The first-order valence-corrected chi connectivity index (χ1v) is 8.08. The van der Waals surface area contributed by atoms with Gasteiger partial charge in [-0.1, -0.05) is 31.8 Å². The van der Waals surface area contributed by atoms with E-state index in [9.17, 15) is 9.90 Å². The number of carboxylic acids is 1. The van der Waals surface area contributed by atoms with Crippen LogP contribution in [-0.2, 0) is 9.53 Å². The second-order valence-electron chi connectivity index (χ2n) is 6.74. The lowest BCUT2D eigenvalue weighted by Crippen LogP contribution is -2.44. The van der Waals surface area contributed by atoms with E-state index in [0.717, 1.165) is 19.3 Å². The van der Waals surface area contributed by atoms with Crippen molar-refractivity contribution in [1.82, 2.24) is 0 Å². The highest BCUT2D eigenvalue weighted by Gasteiger charge is 2.18. The van der Waals surface area contributed by atoms with Crippen molar-refractivity contribution in [2.75, 3.05) is 34.3 Å². The molecule has 4 nitrogen and oxygen atoms in total. The molecule has 0 heterocycles. The third kappa shape index (κ3) is 15.3. The fourth-order valence-electron chi connectivity index (χ4n) is 2.32. The summed E-state index contributed by atoms with van der Waals surface area (Å²) in [6.07, 6.45) is 9.95. The summed E-state index contributed by atoms with van der Waals surface area (Å²) < 4.78 is 6.42. The van der Waals surface area contributed by atoms with E-state index in [1.807, 2.05) is 27.2 Å². The number of allylic oxidation sites excluding steroid dienone is 1. The molecule has 0 saturated carbocycles. The molecule has 1 atom stereocenters. The van der Waals surface area contributed by atoms with Crippen molar-refractivity contribution in [3.05, 3.63) is 12.7 Å². The van der Waals surface area contributed by atoms with Gasteiger partial charge in [0.05, 0.1) is 21.1 Å². The molecule has 0 N–H and O–H groups in total. The Kier molecular flexibility index (Phi) is 11.3. The number of carbonyl (C=O) groups excluding carboxylic acids is 1. The molecule has 0 rings (SSSR count). The van der Waals surface area contributed by atoms with Crippen LogP contribution in [0.5, 0.6) is 0 Å². The summed E-state index contributed by atoms with van der Waals surface area (Å²) in [5.74, 6) is -1.03. The van der Waals surface area contributed by atoms with E-state index in [1.165, 1.54) is 25.7 Å². The second kappa shape index (κ2) is 11.8. The van der Waals surface area contributed by atoms with Crippen molar-refractivity contribution in [2.24, 2.45) is 0 Å². The lowest BCUT2D eigenvalue weighted by molar-refractivity contribution is -0.873. The van der Waals surface area contributed by atoms with Gasteiger partial charge in [-0.25, -0.2) is 0 Å². The maximum absolute atomic E-state index is 10.8. The van der Waals surface area contributed by atoms with Crippen LogP contribution in [0.1, 0.15) is 51.4 Å². The molecule has 0 aromatic heterocycles. The Bertz CT molecular complexity index is 284. The zero-order valence-corrected chi connectivity index (χ0v) is 14.1. The first-order valence-electron chi connectivity index (χ1n) is 8.08. The van der Waals surface area contributed by atoms with Crippen LogP contribution in [-0.4, -0.2) is 50.9 Å². The van der Waals surface area contributed by atoms with Gasteiger partial charge in [-0.2, -0.15) is 0 Å². The molecule has 4 heteroatoms. The molecule has 0 aromatic rings. The zero-order chi connectivity index (χ0) is 16.1. The fourth-order valence-corrected chi connectivity index (χ4v) is 2.32. The maximum Gasteiger partial charge on any atom is 0.112 e. The summed E-state index contributed by atoms with van der Waals surface area (Å²) in [6.45, 7) is 5.05. The monoisotopic (exact) mass is 299 g/mol. The minimum Gasteiger partial charge on any atom is -0.550 e. The van der Waals surface area contributed by atoms with E-state index in [1.54, 1.807) is 0 Å². The number of likely N-dealkylation sites (N-methyl/N-ethyl adjacent to an activating group) is 1. The van der Waals surface area contributed by atoms with E-state index in [0.29, 0.717) is 17.6 Å². The third-order valence-electron chi connectivity index (χ3n) is 3.30. The van der Waals surface area contributed by atoms with Crippen molar-refractivity contribution in [1.29, 1.82) is 0 Å². The van der Waals surface area contributed by atoms with Gasteiger partial charge in [-0.15, -0.1) is 6.58 Å². The predicted octanol–water partition coefficient (Wildman–Crippen LogP) is 2.13. The van der Waals surface area contributed by atoms with Crippen molar-refractivity contribution < 1.29 is 19.1 Å². The van der Waals surface area contributed by atoms with E-state index in [4.69, 9.17) is 4.74 Å². The van der Waals surface area contributed by atoms with Crippen molar-refractivity contribution >= 4 is 5.97 Å². The standard InChI is InChI=1S/C17H33NO3/c1-5-6-7-8-9-10-11-12-13-21-16(14-17(19)20)15-18(2,3)4/h5,16H,1,6-15H2,2-4H3. The SMILES string of the molecule is C=CCCCCCCCCOC(CC(=O)[O-])C[N+](C)(C)C. The normalized spacial score (nSPS) is 13.1. The molecule has 0 aliphatic heterocycles. The summed E-state index contributed by atoms with van der Waals surface area (Å²) in [4.78, 5) is 10.8. The number of nitrogens with zero attached hydrogens (tertiary/aromatic N) is 1. The summed E-state index contributed by atoms with van der Waals surface area (Å²) in [7, 11) is 6.11. The van der Waals surface area contributed by atoms with Crippen molar-refractivity contribution in [3.8, 4) is 0 Å². The quantitative estimate of drug-likeness (QED) is 0.280. The Hall–Kier alpha value is -0.870. The highest BCUT2D eigenvalue weighted by molar-refractivity contribution is 5.64. The summed E-state index contributed by atoms with van der Waals surface area (Å²) >= 11 is 0. The molecule has 0 aromatic carbocycles. The topological polar surface area (TPSA) is 49.4 Å².